The number of anilines is 1. The third-order valence-corrected chi connectivity index (χ3v) is 4.07. The first-order chi connectivity index (χ1) is 8.45. The van der Waals surface area contributed by atoms with Crippen molar-refractivity contribution in [3.8, 4) is 0 Å². The van der Waals surface area contributed by atoms with Gasteiger partial charge in [0.1, 0.15) is 5.82 Å². The van der Waals surface area contributed by atoms with Crippen molar-refractivity contribution in [3.05, 3.63) is 5.82 Å². The highest BCUT2D eigenvalue weighted by Gasteiger charge is 2.22. The van der Waals surface area contributed by atoms with Crippen molar-refractivity contribution in [3.63, 3.8) is 0 Å². The molecule has 2 atom stereocenters. The van der Waals surface area contributed by atoms with Gasteiger partial charge < -0.3 is 10.4 Å². The van der Waals surface area contributed by atoms with E-state index in [9.17, 15) is 5.11 Å². The molecule has 2 unspecified atom stereocenters. The highest BCUT2D eigenvalue weighted by atomic mass is 32.1. The predicted molar refractivity (Wildman–Crippen MR) is 75.1 cm³/mol. The fraction of sp³-hybridized carbons (Fsp3) is 0.846. The molecular weight excluding hydrogens is 246 g/mol. The molecule has 102 valence electrons. The molecule has 0 radical (unpaired) electrons. The van der Waals surface area contributed by atoms with Crippen LogP contribution in [0.3, 0.4) is 0 Å². The van der Waals surface area contributed by atoms with E-state index in [4.69, 9.17) is 0 Å². The van der Waals surface area contributed by atoms with Gasteiger partial charge in [-0.15, -0.1) is 0 Å². The minimum atomic E-state index is -0.106. The molecule has 0 amide bonds. The first kappa shape index (κ1) is 13.7. The first-order valence-electron chi connectivity index (χ1n) is 6.71. The van der Waals surface area contributed by atoms with E-state index in [0.717, 1.165) is 36.8 Å². The molecule has 1 aliphatic carbocycles. The van der Waals surface area contributed by atoms with Crippen LogP contribution >= 0.6 is 11.5 Å². The summed E-state index contributed by atoms with van der Waals surface area (Å²) < 4.78 is 4.38. The molecule has 1 aromatic rings. The number of aliphatic hydroxyl groups excluding tert-OH is 1. The summed E-state index contributed by atoms with van der Waals surface area (Å²) in [6, 6.07) is 0. The van der Waals surface area contributed by atoms with Crippen LogP contribution in [0.5, 0.6) is 0 Å². The molecule has 2 N–H and O–H groups in total. The fourth-order valence-corrected chi connectivity index (χ4v) is 3.04. The molecule has 1 aromatic heterocycles. The standard InChI is InChI=1S/C13H23N3OS/c1-13(2,3)11-15-12(18-16-11)14-8-9-5-4-6-10(17)7-9/h9-10,17H,4-8H2,1-3H3,(H,14,15,16). The van der Waals surface area contributed by atoms with Crippen LogP contribution in [-0.2, 0) is 5.41 Å². The molecule has 1 fully saturated rings. The van der Waals surface area contributed by atoms with Gasteiger partial charge in [0, 0.05) is 23.5 Å². The summed E-state index contributed by atoms with van der Waals surface area (Å²) >= 11 is 1.43. The molecule has 1 heterocycles. The third kappa shape index (κ3) is 3.65. The Balaban J connectivity index is 1.85. The summed E-state index contributed by atoms with van der Waals surface area (Å²) in [7, 11) is 0. The Hall–Kier alpha value is -0.680. The molecule has 18 heavy (non-hydrogen) atoms. The molecule has 2 rings (SSSR count). The minimum Gasteiger partial charge on any atom is -0.393 e. The molecule has 0 saturated heterocycles. The molecule has 0 bridgehead atoms. The monoisotopic (exact) mass is 269 g/mol. The zero-order chi connectivity index (χ0) is 13.2. The average molecular weight is 269 g/mol. The molecule has 4 nitrogen and oxygen atoms in total. The first-order valence-corrected chi connectivity index (χ1v) is 7.48. The number of hydrogen-bond acceptors (Lipinski definition) is 5. The second-order valence-electron chi connectivity index (χ2n) is 6.24. The van der Waals surface area contributed by atoms with E-state index in [2.05, 4.69) is 35.4 Å². The number of aliphatic hydroxyl groups is 1. The fourth-order valence-electron chi connectivity index (χ4n) is 2.28. The van der Waals surface area contributed by atoms with Crippen LogP contribution in [0.2, 0.25) is 0 Å². The molecule has 1 saturated carbocycles. The Morgan fingerprint density at radius 2 is 2.17 bits per heavy atom. The number of nitrogens with zero attached hydrogens (tertiary/aromatic N) is 2. The van der Waals surface area contributed by atoms with Crippen molar-refractivity contribution in [1.29, 1.82) is 0 Å². The van der Waals surface area contributed by atoms with Gasteiger partial charge in [0.2, 0.25) is 5.13 Å². The van der Waals surface area contributed by atoms with Crippen molar-refractivity contribution in [2.24, 2.45) is 5.92 Å². The highest BCUT2D eigenvalue weighted by Crippen LogP contribution is 2.26. The number of nitrogens with one attached hydrogen (secondary N) is 1. The van der Waals surface area contributed by atoms with Gasteiger partial charge in [-0.3, -0.25) is 0 Å². The summed E-state index contributed by atoms with van der Waals surface area (Å²) in [6.07, 6.45) is 4.11. The maximum atomic E-state index is 9.63. The zero-order valence-corrected chi connectivity index (χ0v) is 12.3. The van der Waals surface area contributed by atoms with E-state index in [0.29, 0.717) is 5.92 Å². The Kier molecular flexibility index (Phi) is 4.22. The Bertz CT molecular complexity index is 386. The average Bonchev–Trinajstić information content (AvgIpc) is 2.74. The van der Waals surface area contributed by atoms with Crippen LogP contribution in [0, 0.1) is 5.92 Å². The van der Waals surface area contributed by atoms with Crippen molar-refractivity contribution in [1.82, 2.24) is 9.36 Å². The Labute approximate surface area is 113 Å². The number of aromatic nitrogens is 2. The topological polar surface area (TPSA) is 58.0 Å². The SMILES string of the molecule is CC(C)(C)c1nsc(NCC2CCCC(O)C2)n1. The van der Waals surface area contributed by atoms with E-state index >= 15 is 0 Å². The van der Waals surface area contributed by atoms with Gasteiger partial charge in [-0.1, -0.05) is 27.2 Å². The van der Waals surface area contributed by atoms with Gasteiger partial charge in [0.25, 0.3) is 0 Å². The van der Waals surface area contributed by atoms with Crippen LogP contribution in [0.25, 0.3) is 0 Å². The molecule has 0 spiro atoms. The van der Waals surface area contributed by atoms with Crippen LogP contribution < -0.4 is 5.32 Å². The maximum absolute atomic E-state index is 9.63. The largest absolute Gasteiger partial charge is 0.393 e. The van der Waals surface area contributed by atoms with Gasteiger partial charge in [-0.05, 0) is 25.2 Å². The number of rotatable bonds is 3. The number of hydrogen-bond donors (Lipinski definition) is 2. The zero-order valence-electron chi connectivity index (χ0n) is 11.4. The lowest BCUT2D eigenvalue weighted by atomic mass is 9.87. The molecular formula is C13H23N3OS. The molecule has 5 heteroatoms. The van der Waals surface area contributed by atoms with Crippen LogP contribution in [0.4, 0.5) is 5.13 Å². The lowest BCUT2D eigenvalue weighted by Gasteiger charge is -2.25. The highest BCUT2D eigenvalue weighted by molar-refractivity contribution is 7.09. The van der Waals surface area contributed by atoms with E-state index < -0.39 is 0 Å². The predicted octanol–water partition coefficient (Wildman–Crippen LogP) is 2.80. The van der Waals surface area contributed by atoms with Crippen molar-refractivity contribution in [2.75, 3.05) is 11.9 Å². The van der Waals surface area contributed by atoms with Crippen molar-refractivity contribution < 1.29 is 5.11 Å². The Morgan fingerprint density at radius 3 is 2.78 bits per heavy atom. The van der Waals surface area contributed by atoms with E-state index in [-0.39, 0.29) is 11.5 Å². The van der Waals surface area contributed by atoms with Gasteiger partial charge in [-0.25, -0.2) is 4.98 Å². The lowest BCUT2D eigenvalue weighted by Crippen LogP contribution is -2.25. The maximum Gasteiger partial charge on any atom is 0.202 e. The third-order valence-electron chi connectivity index (χ3n) is 3.39. The minimum absolute atomic E-state index is 0.0114. The normalized spacial score (nSPS) is 25.1. The quantitative estimate of drug-likeness (QED) is 0.886. The second-order valence-corrected chi connectivity index (χ2v) is 6.99. The summed E-state index contributed by atoms with van der Waals surface area (Å²) in [5.41, 5.74) is 0.0114. The van der Waals surface area contributed by atoms with Gasteiger partial charge in [0.05, 0.1) is 6.10 Å². The lowest BCUT2D eigenvalue weighted by molar-refractivity contribution is 0.105. The van der Waals surface area contributed by atoms with Crippen LogP contribution in [0.15, 0.2) is 0 Å². The molecule has 0 aliphatic heterocycles. The second kappa shape index (κ2) is 5.53. The van der Waals surface area contributed by atoms with Crippen LogP contribution in [0.1, 0.15) is 52.3 Å². The molecule has 0 aromatic carbocycles. The van der Waals surface area contributed by atoms with E-state index in [1.807, 2.05) is 0 Å². The van der Waals surface area contributed by atoms with Crippen LogP contribution in [-0.4, -0.2) is 27.1 Å². The van der Waals surface area contributed by atoms with Crippen molar-refractivity contribution in [2.45, 2.75) is 58.0 Å². The Morgan fingerprint density at radius 1 is 1.39 bits per heavy atom. The van der Waals surface area contributed by atoms with E-state index in [1.165, 1.54) is 18.0 Å². The van der Waals surface area contributed by atoms with Gasteiger partial charge in [0.15, 0.2) is 0 Å². The summed E-state index contributed by atoms with van der Waals surface area (Å²) in [5, 5.41) is 13.9. The summed E-state index contributed by atoms with van der Waals surface area (Å²) in [6.45, 7) is 7.26. The van der Waals surface area contributed by atoms with Crippen molar-refractivity contribution >= 4 is 16.7 Å². The summed E-state index contributed by atoms with van der Waals surface area (Å²) in [4.78, 5) is 4.52. The molecule has 1 aliphatic rings. The summed E-state index contributed by atoms with van der Waals surface area (Å²) in [5.74, 6) is 1.47. The van der Waals surface area contributed by atoms with E-state index in [1.54, 1.807) is 0 Å². The van der Waals surface area contributed by atoms with Gasteiger partial charge >= 0.3 is 0 Å². The van der Waals surface area contributed by atoms with Gasteiger partial charge in [-0.2, -0.15) is 4.37 Å². The smallest absolute Gasteiger partial charge is 0.202 e.